The highest BCUT2D eigenvalue weighted by Crippen LogP contribution is 2.19. The van der Waals surface area contributed by atoms with Crippen LogP contribution in [0.4, 0.5) is 10.1 Å². The molecule has 1 aromatic rings. The summed E-state index contributed by atoms with van der Waals surface area (Å²) in [6.07, 6.45) is 2.52. The van der Waals surface area contributed by atoms with Gasteiger partial charge in [0.05, 0.1) is 0 Å². The second kappa shape index (κ2) is 5.60. The summed E-state index contributed by atoms with van der Waals surface area (Å²) in [5.41, 5.74) is 5.65. The smallest absolute Gasteiger partial charge is 0.123 e. The van der Waals surface area contributed by atoms with Crippen LogP contribution in [-0.2, 0) is 0 Å². The quantitative estimate of drug-likeness (QED) is 0.744. The topological polar surface area (TPSA) is 29.3 Å². The van der Waals surface area contributed by atoms with Crippen molar-refractivity contribution < 1.29 is 4.39 Å². The molecule has 78 valence electrons. The lowest BCUT2D eigenvalue weighted by Gasteiger charge is -2.16. The molecule has 1 aromatic carbocycles. The van der Waals surface area contributed by atoms with E-state index >= 15 is 0 Å². The SMILES string of the molecule is CN.Fc1ccc(N2CCCC2)cc1. The molecule has 0 amide bonds. The van der Waals surface area contributed by atoms with Crippen LogP contribution in [0.5, 0.6) is 0 Å². The lowest BCUT2D eigenvalue weighted by molar-refractivity contribution is 0.627. The second-order valence-electron chi connectivity index (χ2n) is 3.17. The predicted molar refractivity (Wildman–Crippen MR) is 58.0 cm³/mol. The van der Waals surface area contributed by atoms with Crippen molar-refractivity contribution in [2.75, 3.05) is 25.0 Å². The van der Waals surface area contributed by atoms with Crippen LogP contribution in [0.15, 0.2) is 24.3 Å². The zero-order valence-corrected chi connectivity index (χ0v) is 8.54. The molecule has 1 saturated heterocycles. The van der Waals surface area contributed by atoms with Crippen LogP contribution in [-0.4, -0.2) is 20.1 Å². The maximum Gasteiger partial charge on any atom is 0.123 e. The molecule has 2 N–H and O–H groups in total. The molecule has 0 aromatic heterocycles. The summed E-state index contributed by atoms with van der Waals surface area (Å²) >= 11 is 0. The Balaban J connectivity index is 0.000000461. The molecule has 0 unspecified atom stereocenters. The average molecular weight is 196 g/mol. The summed E-state index contributed by atoms with van der Waals surface area (Å²) < 4.78 is 12.6. The number of hydrogen-bond donors (Lipinski definition) is 1. The van der Waals surface area contributed by atoms with Crippen LogP contribution in [0.3, 0.4) is 0 Å². The minimum atomic E-state index is -0.155. The first-order valence-corrected chi connectivity index (χ1v) is 4.94. The van der Waals surface area contributed by atoms with E-state index in [0.717, 1.165) is 18.8 Å². The number of hydrogen-bond acceptors (Lipinski definition) is 2. The van der Waals surface area contributed by atoms with Gasteiger partial charge in [-0.15, -0.1) is 0 Å². The third kappa shape index (κ3) is 2.70. The summed E-state index contributed by atoms with van der Waals surface area (Å²) in [4.78, 5) is 2.29. The molecule has 3 heteroatoms. The normalized spacial score (nSPS) is 14.9. The van der Waals surface area contributed by atoms with E-state index in [1.54, 1.807) is 0 Å². The van der Waals surface area contributed by atoms with Crippen molar-refractivity contribution in [3.05, 3.63) is 30.1 Å². The fourth-order valence-corrected chi connectivity index (χ4v) is 1.63. The molecular weight excluding hydrogens is 179 g/mol. The van der Waals surface area contributed by atoms with Gasteiger partial charge in [-0.1, -0.05) is 0 Å². The molecular formula is C11H17FN2. The van der Waals surface area contributed by atoms with E-state index < -0.39 is 0 Å². The van der Waals surface area contributed by atoms with Gasteiger partial charge in [0.15, 0.2) is 0 Å². The molecule has 1 fully saturated rings. The summed E-state index contributed by atoms with van der Waals surface area (Å²) in [5.74, 6) is -0.155. The molecule has 1 aliphatic rings. The van der Waals surface area contributed by atoms with E-state index in [9.17, 15) is 4.39 Å². The van der Waals surface area contributed by atoms with Gasteiger partial charge in [0, 0.05) is 18.8 Å². The van der Waals surface area contributed by atoms with Crippen molar-refractivity contribution in [3.63, 3.8) is 0 Å². The third-order valence-corrected chi connectivity index (χ3v) is 2.30. The number of benzene rings is 1. The highest BCUT2D eigenvalue weighted by Gasteiger charge is 2.11. The van der Waals surface area contributed by atoms with E-state index in [2.05, 4.69) is 10.6 Å². The Kier molecular flexibility index (Phi) is 4.40. The number of rotatable bonds is 1. The zero-order chi connectivity index (χ0) is 10.4. The monoisotopic (exact) mass is 196 g/mol. The summed E-state index contributed by atoms with van der Waals surface area (Å²) in [5, 5.41) is 0. The molecule has 1 aliphatic heterocycles. The molecule has 2 rings (SSSR count). The van der Waals surface area contributed by atoms with Gasteiger partial charge in [-0.3, -0.25) is 0 Å². The number of anilines is 1. The Morgan fingerprint density at radius 2 is 1.57 bits per heavy atom. The van der Waals surface area contributed by atoms with E-state index in [1.807, 2.05) is 12.1 Å². The highest BCUT2D eigenvalue weighted by atomic mass is 19.1. The summed E-state index contributed by atoms with van der Waals surface area (Å²) in [6, 6.07) is 6.74. The summed E-state index contributed by atoms with van der Waals surface area (Å²) in [6.45, 7) is 2.23. The standard InChI is InChI=1S/C10H12FN.CH5N/c11-9-3-5-10(6-4-9)12-7-1-2-8-12;1-2/h3-6H,1-2,7-8H2;2H2,1H3. The molecule has 0 spiro atoms. The first kappa shape index (κ1) is 11.0. The van der Waals surface area contributed by atoms with Gasteiger partial charge >= 0.3 is 0 Å². The number of nitrogens with zero attached hydrogens (tertiary/aromatic N) is 1. The molecule has 0 radical (unpaired) electrons. The van der Waals surface area contributed by atoms with Crippen molar-refractivity contribution in [1.82, 2.24) is 0 Å². The van der Waals surface area contributed by atoms with Gasteiger partial charge in [-0.25, -0.2) is 4.39 Å². The summed E-state index contributed by atoms with van der Waals surface area (Å²) in [7, 11) is 1.50. The zero-order valence-electron chi connectivity index (χ0n) is 8.54. The van der Waals surface area contributed by atoms with Crippen molar-refractivity contribution in [2.24, 2.45) is 5.73 Å². The van der Waals surface area contributed by atoms with Crippen LogP contribution in [0.1, 0.15) is 12.8 Å². The van der Waals surface area contributed by atoms with Gasteiger partial charge in [0.1, 0.15) is 5.82 Å². The molecule has 0 aliphatic carbocycles. The Morgan fingerprint density at radius 3 is 2.07 bits per heavy atom. The Morgan fingerprint density at radius 1 is 1.07 bits per heavy atom. The van der Waals surface area contributed by atoms with Gasteiger partial charge in [-0.2, -0.15) is 0 Å². The van der Waals surface area contributed by atoms with Gasteiger partial charge in [-0.05, 0) is 44.2 Å². The van der Waals surface area contributed by atoms with Crippen molar-refractivity contribution in [2.45, 2.75) is 12.8 Å². The Bertz CT molecular complexity index is 252. The lowest BCUT2D eigenvalue weighted by atomic mass is 10.3. The van der Waals surface area contributed by atoms with Crippen molar-refractivity contribution >= 4 is 5.69 Å². The maximum absolute atomic E-state index is 12.6. The van der Waals surface area contributed by atoms with E-state index in [-0.39, 0.29) is 5.82 Å². The molecule has 1 heterocycles. The minimum Gasteiger partial charge on any atom is -0.372 e. The Labute approximate surface area is 84.5 Å². The minimum absolute atomic E-state index is 0.155. The van der Waals surface area contributed by atoms with Crippen molar-refractivity contribution in [1.29, 1.82) is 0 Å². The average Bonchev–Trinajstić information content (AvgIpc) is 2.75. The highest BCUT2D eigenvalue weighted by molar-refractivity contribution is 5.46. The van der Waals surface area contributed by atoms with Gasteiger partial charge in [0.25, 0.3) is 0 Å². The third-order valence-electron chi connectivity index (χ3n) is 2.30. The van der Waals surface area contributed by atoms with Crippen LogP contribution in [0.2, 0.25) is 0 Å². The number of nitrogens with two attached hydrogens (primary N) is 1. The van der Waals surface area contributed by atoms with E-state index in [0.29, 0.717) is 0 Å². The predicted octanol–water partition coefficient (Wildman–Crippen LogP) is 2.00. The van der Waals surface area contributed by atoms with Crippen molar-refractivity contribution in [3.8, 4) is 0 Å². The van der Waals surface area contributed by atoms with Gasteiger partial charge < -0.3 is 10.6 Å². The van der Waals surface area contributed by atoms with Crippen LogP contribution in [0.25, 0.3) is 0 Å². The molecule has 0 atom stereocenters. The molecule has 2 nitrogen and oxygen atoms in total. The van der Waals surface area contributed by atoms with Crippen LogP contribution < -0.4 is 10.6 Å². The maximum atomic E-state index is 12.6. The van der Waals surface area contributed by atoms with Crippen LogP contribution in [0, 0.1) is 5.82 Å². The largest absolute Gasteiger partial charge is 0.372 e. The lowest BCUT2D eigenvalue weighted by Crippen LogP contribution is -2.17. The first-order chi connectivity index (χ1) is 6.86. The van der Waals surface area contributed by atoms with E-state index in [1.165, 1.54) is 32.0 Å². The molecule has 14 heavy (non-hydrogen) atoms. The fourth-order valence-electron chi connectivity index (χ4n) is 1.63. The van der Waals surface area contributed by atoms with Gasteiger partial charge in [0.2, 0.25) is 0 Å². The second-order valence-corrected chi connectivity index (χ2v) is 3.17. The first-order valence-electron chi connectivity index (χ1n) is 4.94. The van der Waals surface area contributed by atoms with Crippen LogP contribution >= 0.6 is 0 Å². The number of halogens is 1. The van der Waals surface area contributed by atoms with E-state index in [4.69, 9.17) is 0 Å². The Hall–Kier alpha value is -1.09. The molecule has 0 saturated carbocycles. The molecule has 0 bridgehead atoms. The fraction of sp³-hybridized carbons (Fsp3) is 0.455.